The fourth-order valence-corrected chi connectivity index (χ4v) is 4.04. The van der Waals surface area contributed by atoms with Crippen molar-refractivity contribution in [3.8, 4) is 0 Å². The van der Waals surface area contributed by atoms with Crippen molar-refractivity contribution in [3.63, 3.8) is 0 Å². The molecule has 30 heavy (non-hydrogen) atoms. The first kappa shape index (κ1) is 20.1. The molecule has 0 spiro atoms. The number of carbonyl (C=O) groups is 2. The van der Waals surface area contributed by atoms with Crippen molar-refractivity contribution in [2.75, 3.05) is 20.3 Å². The lowest BCUT2D eigenvalue weighted by Crippen LogP contribution is -2.40. The quantitative estimate of drug-likeness (QED) is 0.488. The van der Waals surface area contributed by atoms with E-state index in [1.165, 1.54) is 17.1 Å². The highest BCUT2D eigenvalue weighted by Gasteiger charge is 2.54. The SMILES string of the molecule is C=CCON1C(=O)N2C[C@@H]1c1c(COCc3ccccc3)nn(C)c1[C@H]2C(=O)OC. The van der Waals surface area contributed by atoms with Gasteiger partial charge in [0.25, 0.3) is 0 Å². The Balaban J connectivity index is 1.66. The fraction of sp³-hybridized carbons (Fsp3) is 0.381. The molecule has 2 aromatic rings. The standard InChI is InChI=1S/C21H24N4O5/c1-4-10-30-25-16-11-24(21(25)27)19(20(26)28-3)18-17(16)15(22-23(18)2)13-29-12-14-8-6-5-7-9-14/h4-9,16,19H,1,10-13H2,2-3H3/t16-,19+/m1/s1. The number of urea groups is 1. The number of aryl methyl sites for hydroxylation is 1. The molecule has 3 heterocycles. The van der Waals surface area contributed by atoms with Crippen LogP contribution in [0.25, 0.3) is 0 Å². The molecule has 9 heteroatoms. The smallest absolute Gasteiger partial charge is 0.345 e. The van der Waals surface area contributed by atoms with Gasteiger partial charge in [-0.1, -0.05) is 36.4 Å². The predicted molar refractivity (Wildman–Crippen MR) is 106 cm³/mol. The number of carbonyl (C=O) groups excluding carboxylic acids is 2. The summed E-state index contributed by atoms with van der Waals surface area (Å²) in [5.74, 6) is -0.520. The normalized spacial score (nSPS) is 19.7. The van der Waals surface area contributed by atoms with E-state index >= 15 is 0 Å². The molecule has 1 aromatic heterocycles. The summed E-state index contributed by atoms with van der Waals surface area (Å²) in [5.41, 5.74) is 3.11. The van der Waals surface area contributed by atoms with Gasteiger partial charge in [0.15, 0.2) is 6.04 Å². The van der Waals surface area contributed by atoms with E-state index in [2.05, 4.69) is 11.7 Å². The lowest BCUT2D eigenvalue weighted by atomic mass is 9.95. The van der Waals surface area contributed by atoms with Gasteiger partial charge in [0.1, 0.15) is 6.04 Å². The molecule has 1 saturated heterocycles. The number of ether oxygens (including phenoxy) is 2. The number of aromatic nitrogens is 2. The van der Waals surface area contributed by atoms with Crippen molar-refractivity contribution < 1.29 is 23.9 Å². The molecule has 2 aliphatic heterocycles. The second-order valence-corrected chi connectivity index (χ2v) is 7.13. The van der Waals surface area contributed by atoms with Crippen LogP contribution in [0.3, 0.4) is 0 Å². The van der Waals surface area contributed by atoms with Gasteiger partial charge in [0, 0.05) is 12.6 Å². The van der Waals surface area contributed by atoms with Crippen LogP contribution in [0.1, 0.15) is 34.6 Å². The lowest BCUT2D eigenvalue weighted by Gasteiger charge is -2.29. The molecule has 1 fully saturated rings. The monoisotopic (exact) mass is 412 g/mol. The van der Waals surface area contributed by atoms with Gasteiger partial charge < -0.3 is 14.4 Å². The van der Waals surface area contributed by atoms with Gasteiger partial charge in [0.05, 0.1) is 44.9 Å². The third-order valence-corrected chi connectivity index (χ3v) is 5.30. The minimum Gasteiger partial charge on any atom is -0.467 e. The topological polar surface area (TPSA) is 86.1 Å². The maximum Gasteiger partial charge on any atom is 0.345 e. The van der Waals surface area contributed by atoms with E-state index in [1.807, 2.05) is 30.3 Å². The van der Waals surface area contributed by atoms with Crippen molar-refractivity contribution >= 4 is 12.0 Å². The van der Waals surface area contributed by atoms with E-state index in [4.69, 9.17) is 14.3 Å². The van der Waals surface area contributed by atoms with Crippen LogP contribution >= 0.6 is 0 Å². The van der Waals surface area contributed by atoms with Crippen molar-refractivity contribution in [2.45, 2.75) is 25.3 Å². The maximum absolute atomic E-state index is 12.9. The zero-order chi connectivity index (χ0) is 21.3. The van der Waals surface area contributed by atoms with Crippen LogP contribution in [0.2, 0.25) is 0 Å². The molecule has 158 valence electrons. The molecule has 0 aliphatic carbocycles. The van der Waals surface area contributed by atoms with Gasteiger partial charge >= 0.3 is 12.0 Å². The van der Waals surface area contributed by atoms with Crippen LogP contribution in [-0.4, -0.2) is 52.0 Å². The molecule has 0 N–H and O–H groups in total. The van der Waals surface area contributed by atoms with E-state index < -0.39 is 18.1 Å². The summed E-state index contributed by atoms with van der Waals surface area (Å²) < 4.78 is 12.5. The molecule has 4 rings (SSSR count). The minimum absolute atomic E-state index is 0.175. The molecule has 2 amide bonds. The third-order valence-electron chi connectivity index (χ3n) is 5.30. The van der Waals surface area contributed by atoms with Crippen LogP contribution in [0, 0.1) is 0 Å². The lowest BCUT2D eigenvalue weighted by molar-refractivity contribution is -0.146. The van der Waals surface area contributed by atoms with E-state index in [0.29, 0.717) is 24.5 Å². The number of hydrogen-bond acceptors (Lipinski definition) is 6. The zero-order valence-electron chi connectivity index (χ0n) is 17.0. The molecular formula is C21H24N4O5. The number of fused-ring (bicyclic) bond motifs is 4. The molecule has 1 aromatic carbocycles. The molecule has 0 saturated carbocycles. The van der Waals surface area contributed by atoms with E-state index in [0.717, 1.165) is 11.1 Å². The Labute approximate surface area is 174 Å². The maximum atomic E-state index is 12.9. The van der Waals surface area contributed by atoms with Gasteiger partial charge in [-0.2, -0.15) is 10.2 Å². The zero-order valence-corrected chi connectivity index (χ0v) is 17.0. The summed E-state index contributed by atoms with van der Waals surface area (Å²) in [7, 11) is 3.06. The van der Waals surface area contributed by atoms with Crippen LogP contribution < -0.4 is 0 Å². The van der Waals surface area contributed by atoms with Crippen molar-refractivity contribution in [1.82, 2.24) is 19.7 Å². The van der Waals surface area contributed by atoms with Gasteiger partial charge in [-0.05, 0) is 5.56 Å². The molecule has 9 nitrogen and oxygen atoms in total. The van der Waals surface area contributed by atoms with E-state index in [9.17, 15) is 9.59 Å². The number of rotatable bonds is 8. The number of esters is 1. The van der Waals surface area contributed by atoms with E-state index in [1.54, 1.807) is 17.8 Å². The number of hydroxylamine groups is 2. The third kappa shape index (κ3) is 3.35. The molecule has 2 bridgehead atoms. The van der Waals surface area contributed by atoms with Crippen molar-refractivity contribution in [1.29, 1.82) is 0 Å². The van der Waals surface area contributed by atoms with Crippen LogP contribution in [0.5, 0.6) is 0 Å². The summed E-state index contributed by atoms with van der Waals surface area (Å²) in [4.78, 5) is 32.6. The highest BCUT2D eigenvalue weighted by Crippen LogP contribution is 2.45. The van der Waals surface area contributed by atoms with Gasteiger partial charge in [-0.25, -0.2) is 9.59 Å². The van der Waals surface area contributed by atoms with Gasteiger partial charge in [-0.15, -0.1) is 6.58 Å². The van der Waals surface area contributed by atoms with E-state index in [-0.39, 0.29) is 19.2 Å². The summed E-state index contributed by atoms with van der Waals surface area (Å²) >= 11 is 0. The number of nitrogens with zero attached hydrogens (tertiary/aromatic N) is 4. The summed E-state index contributed by atoms with van der Waals surface area (Å²) in [6.45, 7) is 4.79. The minimum atomic E-state index is -0.883. The number of amides is 2. The highest BCUT2D eigenvalue weighted by atomic mass is 16.7. The average molecular weight is 412 g/mol. The van der Waals surface area contributed by atoms with Crippen molar-refractivity contribution in [2.24, 2.45) is 7.05 Å². The summed E-state index contributed by atoms with van der Waals surface area (Å²) in [6, 6.07) is 8.17. The first-order valence-electron chi connectivity index (χ1n) is 9.65. The molecule has 0 radical (unpaired) electrons. The Kier molecular flexibility index (Phi) is 5.56. The van der Waals surface area contributed by atoms with Crippen molar-refractivity contribution in [3.05, 3.63) is 65.5 Å². The Morgan fingerprint density at radius 3 is 2.77 bits per heavy atom. The van der Waals surface area contributed by atoms with Crippen LogP contribution in [-0.2, 0) is 39.4 Å². The predicted octanol–water partition coefficient (Wildman–Crippen LogP) is 2.26. The first-order valence-corrected chi connectivity index (χ1v) is 9.65. The number of methoxy groups -OCH3 is 1. The highest BCUT2D eigenvalue weighted by molar-refractivity contribution is 5.87. The fourth-order valence-electron chi connectivity index (χ4n) is 4.04. The van der Waals surface area contributed by atoms with Crippen LogP contribution in [0.15, 0.2) is 43.0 Å². The molecule has 0 unspecified atom stereocenters. The summed E-state index contributed by atoms with van der Waals surface area (Å²) in [5, 5.41) is 5.89. The second-order valence-electron chi connectivity index (χ2n) is 7.13. The Hall–Kier alpha value is -3.17. The second kappa shape index (κ2) is 8.29. The molecule has 2 aliphatic rings. The summed E-state index contributed by atoms with van der Waals surface area (Å²) in [6.07, 6.45) is 1.57. The Morgan fingerprint density at radius 1 is 1.30 bits per heavy atom. The molecular weight excluding hydrogens is 388 g/mol. The van der Waals surface area contributed by atoms with Crippen LogP contribution in [0.4, 0.5) is 4.79 Å². The Morgan fingerprint density at radius 2 is 2.07 bits per heavy atom. The molecule has 2 atom stereocenters. The van der Waals surface area contributed by atoms with Gasteiger partial charge in [-0.3, -0.25) is 9.52 Å². The average Bonchev–Trinajstić information content (AvgIpc) is 3.22. The number of benzene rings is 1. The van der Waals surface area contributed by atoms with Gasteiger partial charge in [0.2, 0.25) is 0 Å². The first-order chi connectivity index (χ1) is 14.6. The Bertz CT molecular complexity index is 958. The largest absolute Gasteiger partial charge is 0.467 e. The number of hydrogen-bond donors (Lipinski definition) is 0.